The summed E-state index contributed by atoms with van der Waals surface area (Å²) < 4.78 is 20.5. The van der Waals surface area contributed by atoms with Crippen molar-refractivity contribution in [3.05, 3.63) is 44.3 Å². The van der Waals surface area contributed by atoms with E-state index < -0.39 is 9.92 Å². The summed E-state index contributed by atoms with van der Waals surface area (Å²) in [6, 6.07) is 2.30. The number of nitrogens with one attached hydrogen (secondary N) is 3. The molecule has 1 atom stereocenters. The first-order chi connectivity index (χ1) is 12.9. The van der Waals surface area contributed by atoms with Crippen LogP contribution >= 0.6 is 11.3 Å². The third kappa shape index (κ3) is 2.74. The largest absolute Gasteiger partial charge is 0.321 e. The molecule has 142 valence electrons. The van der Waals surface area contributed by atoms with Gasteiger partial charge in [-0.2, -0.15) is 0 Å². The quantitative estimate of drug-likeness (QED) is 0.633. The van der Waals surface area contributed by atoms with E-state index in [4.69, 9.17) is 9.92 Å². The molecular formula is C19H22N4O2S2. The number of aryl methyl sites for hydroxylation is 2. The maximum absolute atomic E-state index is 13.3. The Morgan fingerprint density at radius 2 is 1.93 bits per heavy atom. The fourth-order valence-corrected chi connectivity index (χ4v) is 6.86. The van der Waals surface area contributed by atoms with E-state index in [2.05, 4.69) is 16.7 Å². The van der Waals surface area contributed by atoms with Gasteiger partial charge in [-0.3, -0.25) is 4.79 Å². The van der Waals surface area contributed by atoms with Crippen LogP contribution in [0.1, 0.15) is 49.5 Å². The lowest BCUT2D eigenvalue weighted by Crippen LogP contribution is -2.26. The van der Waals surface area contributed by atoms with Crippen molar-refractivity contribution in [2.45, 2.75) is 49.3 Å². The average molecular weight is 403 g/mol. The van der Waals surface area contributed by atoms with Gasteiger partial charge < -0.3 is 10.6 Å². The monoisotopic (exact) mass is 402 g/mol. The van der Waals surface area contributed by atoms with Crippen molar-refractivity contribution in [1.29, 1.82) is 4.78 Å². The van der Waals surface area contributed by atoms with E-state index in [1.807, 2.05) is 0 Å². The smallest absolute Gasteiger partial charge is 0.258 e. The molecule has 8 heteroatoms. The number of fused-ring (bicyclic) bond motifs is 3. The molecule has 2 aromatic rings. The van der Waals surface area contributed by atoms with E-state index in [1.165, 1.54) is 33.6 Å². The summed E-state index contributed by atoms with van der Waals surface area (Å²) in [7, 11) is -3.45. The minimum atomic E-state index is -3.45. The van der Waals surface area contributed by atoms with Gasteiger partial charge in [0.2, 0.25) is 0 Å². The molecule has 1 unspecified atom stereocenters. The first-order valence-electron chi connectivity index (χ1n) is 9.33. The van der Waals surface area contributed by atoms with Gasteiger partial charge in [0.05, 0.1) is 5.56 Å². The lowest BCUT2D eigenvalue weighted by molar-refractivity contribution is 0.102. The van der Waals surface area contributed by atoms with Gasteiger partial charge in [-0.25, -0.2) is 14.1 Å². The molecule has 0 saturated carbocycles. The SMILES string of the molecule is N=S(N)(=O)c1sc2c(c1C(=O)Nc1c3c(cc4c1CC4)CCC3)CNCC2. The highest BCUT2D eigenvalue weighted by atomic mass is 32.2. The van der Waals surface area contributed by atoms with Gasteiger partial charge >= 0.3 is 0 Å². The number of thiophene rings is 1. The highest BCUT2D eigenvalue weighted by Crippen LogP contribution is 2.41. The van der Waals surface area contributed by atoms with Crippen molar-refractivity contribution in [1.82, 2.24) is 5.32 Å². The van der Waals surface area contributed by atoms with E-state index in [0.717, 1.165) is 61.2 Å². The highest BCUT2D eigenvalue weighted by molar-refractivity contribution is 7.92. The number of hydrogen-bond donors (Lipinski definition) is 4. The van der Waals surface area contributed by atoms with Crippen LogP contribution in [0.2, 0.25) is 0 Å². The summed E-state index contributed by atoms with van der Waals surface area (Å²) in [6.07, 6.45) is 6.00. The van der Waals surface area contributed by atoms with Gasteiger partial charge in [-0.15, -0.1) is 11.3 Å². The van der Waals surface area contributed by atoms with E-state index in [1.54, 1.807) is 0 Å². The predicted octanol–water partition coefficient (Wildman–Crippen LogP) is 2.51. The normalized spacial score (nSPS) is 19.4. The Balaban J connectivity index is 1.60. The Morgan fingerprint density at radius 1 is 1.15 bits per heavy atom. The third-order valence-corrected chi connectivity index (χ3v) is 8.71. The minimum absolute atomic E-state index is 0.208. The number of anilines is 1. The van der Waals surface area contributed by atoms with E-state index in [-0.39, 0.29) is 10.1 Å². The van der Waals surface area contributed by atoms with Crippen LogP contribution in [0.15, 0.2) is 10.3 Å². The maximum Gasteiger partial charge on any atom is 0.258 e. The first kappa shape index (κ1) is 17.4. The molecule has 0 saturated heterocycles. The lowest BCUT2D eigenvalue weighted by atomic mass is 9.83. The Hall–Kier alpha value is -1.74. The summed E-state index contributed by atoms with van der Waals surface area (Å²) >= 11 is 1.27. The standard InChI is InChI=1S/C19H22N4O2S2/c20-27(21,25)19-16(14-9-22-7-6-15(14)26-19)18(24)23-17-12-3-1-2-10(12)8-11-4-5-13(11)17/h8,22H,1-7,9H2,(H,23,24)(H3,20,21,25). The molecule has 0 spiro atoms. The molecule has 2 aliphatic carbocycles. The molecule has 1 aromatic carbocycles. The summed E-state index contributed by atoms with van der Waals surface area (Å²) in [6.45, 7) is 1.37. The number of carbonyl (C=O) groups is 1. The van der Waals surface area contributed by atoms with Crippen LogP contribution in [-0.4, -0.2) is 16.7 Å². The summed E-state index contributed by atoms with van der Waals surface area (Å²) in [5.74, 6) is -0.272. The molecule has 0 bridgehead atoms. The molecule has 0 fully saturated rings. The molecular weight excluding hydrogens is 380 g/mol. The summed E-state index contributed by atoms with van der Waals surface area (Å²) in [4.78, 5) is 14.3. The third-order valence-electron chi connectivity index (χ3n) is 5.87. The van der Waals surface area contributed by atoms with Crippen LogP contribution in [0.3, 0.4) is 0 Å². The molecule has 1 aliphatic heterocycles. The molecule has 0 radical (unpaired) electrons. The molecule has 5 rings (SSSR count). The zero-order chi connectivity index (χ0) is 18.8. The first-order valence-corrected chi connectivity index (χ1v) is 11.8. The zero-order valence-electron chi connectivity index (χ0n) is 14.9. The number of hydrogen-bond acceptors (Lipinski definition) is 5. The summed E-state index contributed by atoms with van der Waals surface area (Å²) in [5, 5.41) is 12.1. The van der Waals surface area contributed by atoms with Gasteiger partial charge in [0.1, 0.15) is 14.1 Å². The highest BCUT2D eigenvalue weighted by Gasteiger charge is 2.31. The average Bonchev–Trinajstić information content (AvgIpc) is 3.21. The zero-order valence-corrected chi connectivity index (χ0v) is 16.6. The number of nitrogens with two attached hydrogens (primary N) is 1. The topological polar surface area (TPSA) is 108 Å². The lowest BCUT2D eigenvalue weighted by Gasteiger charge is -2.26. The van der Waals surface area contributed by atoms with Crippen molar-refractivity contribution < 1.29 is 9.00 Å². The number of amides is 1. The van der Waals surface area contributed by atoms with E-state index >= 15 is 0 Å². The van der Waals surface area contributed by atoms with Gasteiger partial charge in [-0.05, 0) is 66.3 Å². The van der Waals surface area contributed by atoms with Crippen molar-refractivity contribution in [3.8, 4) is 0 Å². The molecule has 2 heterocycles. The Kier molecular flexibility index (Phi) is 3.94. The van der Waals surface area contributed by atoms with Gasteiger partial charge in [-0.1, -0.05) is 6.07 Å². The second kappa shape index (κ2) is 6.13. The Bertz CT molecular complexity index is 1090. The molecule has 27 heavy (non-hydrogen) atoms. The second-order valence-corrected chi connectivity index (χ2v) is 10.5. The predicted molar refractivity (Wildman–Crippen MR) is 107 cm³/mol. The van der Waals surface area contributed by atoms with Crippen molar-refractivity contribution in [3.63, 3.8) is 0 Å². The Morgan fingerprint density at radius 3 is 2.67 bits per heavy atom. The number of carbonyl (C=O) groups excluding carboxylic acids is 1. The van der Waals surface area contributed by atoms with Crippen molar-refractivity contribution in [2.24, 2.45) is 5.14 Å². The number of benzene rings is 1. The van der Waals surface area contributed by atoms with Gasteiger partial charge in [0.25, 0.3) is 5.91 Å². The minimum Gasteiger partial charge on any atom is -0.321 e. The summed E-state index contributed by atoms with van der Waals surface area (Å²) in [5.41, 5.74) is 7.35. The van der Waals surface area contributed by atoms with E-state index in [9.17, 15) is 9.00 Å². The van der Waals surface area contributed by atoms with Crippen molar-refractivity contribution >= 4 is 32.8 Å². The fraction of sp³-hybridized carbons (Fsp3) is 0.421. The fourth-order valence-electron chi connectivity index (χ4n) is 4.51. The molecule has 3 aliphatic rings. The molecule has 1 amide bonds. The van der Waals surface area contributed by atoms with Crippen LogP contribution in [0.25, 0.3) is 0 Å². The Labute approximate surface area is 162 Å². The maximum atomic E-state index is 13.3. The van der Waals surface area contributed by atoms with Gasteiger partial charge in [0, 0.05) is 23.7 Å². The molecule has 5 N–H and O–H groups in total. The van der Waals surface area contributed by atoms with Crippen LogP contribution in [0.5, 0.6) is 0 Å². The second-order valence-electron chi connectivity index (χ2n) is 7.53. The van der Waals surface area contributed by atoms with Crippen LogP contribution < -0.4 is 15.8 Å². The van der Waals surface area contributed by atoms with Crippen LogP contribution in [0.4, 0.5) is 5.69 Å². The van der Waals surface area contributed by atoms with Crippen LogP contribution in [-0.2, 0) is 48.6 Å². The van der Waals surface area contributed by atoms with Gasteiger partial charge in [0.15, 0.2) is 0 Å². The molecule has 6 nitrogen and oxygen atoms in total. The molecule has 1 aromatic heterocycles. The van der Waals surface area contributed by atoms with Crippen molar-refractivity contribution in [2.75, 3.05) is 11.9 Å². The van der Waals surface area contributed by atoms with Crippen LogP contribution in [0, 0.1) is 4.78 Å². The van der Waals surface area contributed by atoms with E-state index in [0.29, 0.717) is 12.1 Å². The number of rotatable bonds is 3.